The van der Waals surface area contributed by atoms with E-state index in [0.29, 0.717) is 10.6 Å². The lowest BCUT2D eigenvalue weighted by molar-refractivity contribution is -0.140. The molecule has 3 rings (SSSR count). The fourth-order valence-corrected chi connectivity index (χ4v) is 2.36. The molecule has 8 nitrogen and oxygen atoms in total. The van der Waals surface area contributed by atoms with Crippen LogP contribution in [0.15, 0.2) is 48.3 Å². The Morgan fingerprint density at radius 3 is 2.54 bits per heavy atom. The van der Waals surface area contributed by atoms with Crippen LogP contribution < -0.4 is 5.32 Å². The highest BCUT2D eigenvalue weighted by atomic mass is 16.4. The molecule has 0 saturated carbocycles. The molecule has 1 aliphatic heterocycles. The number of imide groups is 1. The van der Waals surface area contributed by atoms with Crippen LogP contribution in [0, 0.1) is 0 Å². The molecule has 3 amide bonds. The molecule has 0 radical (unpaired) electrons. The fraction of sp³-hybridized carbons (Fsp3) is 0.0625. The van der Waals surface area contributed by atoms with Gasteiger partial charge < -0.3 is 20.1 Å². The molecular weight excluding hydrogens is 314 g/mol. The molecule has 0 bridgehead atoms. The first-order chi connectivity index (χ1) is 11.5. The molecule has 3 N–H and O–H groups in total. The monoisotopic (exact) mass is 327 g/mol. The van der Waals surface area contributed by atoms with E-state index in [9.17, 15) is 19.5 Å². The number of aliphatic carboxylic acids is 1. The highest BCUT2D eigenvalue weighted by molar-refractivity contribution is 6.15. The second-order valence-corrected chi connectivity index (χ2v) is 5.09. The van der Waals surface area contributed by atoms with Gasteiger partial charge in [-0.25, -0.2) is 9.69 Å². The summed E-state index contributed by atoms with van der Waals surface area (Å²) in [6.07, 6.45) is 3.23. The van der Waals surface area contributed by atoms with E-state index in [1.807, 2.05) is 0 Å². The number of aromatic nitrogens is 1. The van der Waals surface area contributed by atoms with Gasteiger partial charge in [-0.3, -0.25) is 9.59 Å². The lowest BCUT2D eigenvalue weighted by Gasteiger charge is -2.08. The number of carboxylic acids is 1. The molecule has 8 heteroatoms. The van der Waals surface area contributed by atoms with E-state index < -0.39 is 24.5 Å². The van der Waals surface area contributed by atoms with Gasteiger partial charge in [0, 0.05) is 17.6 Å². The summed E-state index contributed by atoms with van der Waals surface area (Å²) >= 11 is 0. The van der Waals surface area contributed by atoms with Gasteiger partial charge in [0.15, 0.2) is 0 Å². The number of phenols is 1. The van der Waals surface area contributed by atoms with Gasteiger partial charge in [0.25, 0.3) is 5.91 Å². The number of amides is 3. The molecule has 24 heavy (non-hydrogen) atoms. The van der Waals surface area contributed by atoms with Crippen molar-refractivity contribution < 1.29 is 24.6 Å². The molecular formula is C16H13N3O5. The van der Waals surface area contributed by atoms with Crippen LogP contribution in [-0.2, 0) is 9.59 Å². The Morgan fingerprint density at radius 2 is 1.88 bits per heavy atom. The number of carbonyl (C=O) groups excluding carboxylic acids is 2. The van der Waals surface area contributed by atoms with Crippen LogP contribution in [0.25, 0.3) is 11.8 Å². The highest BCUT2D eigenvalue weighted by Gasteiger charge is 2.35. The molecule has 0 spiro atoms. The van der Waals surface area contributed by atoms with Crippen LogP contribution in [-0.4, -0.2) is 44.1 Å². The van der Waals surface area contributed by atoms with Gasteiger partial charge in [0.1, 0.15) is 18.0 Å². The number of aromatic hydroxyl groups is 1. The van der Waals surface area contributed by atoms with Crippen LogP contribution in [0.4, 0.5) is 4.79 Å². The topological polar surface area (TPSA) is 112 Å². The number of carbonyl (C=O) groups is 3. The Bertz CT molecular complexity index is 851. The molecule has 0 atom stereocenters. The first-order valence-corrected chi connectivity index (χ1v) is 6.99. The summed E-state index contributed by atoms with van der Waals surface area (Å²) in [5.41, 5.74) is 1.37. The van der Waals surface area contributed by atoms with Gasteiger partial charge in [-0.1, -0.05) is 0 Å². The minimum Gasteiger partial charge on any atom is -0.508 e. The lowest BCUT2D eigenvalue weighted by Crippen LogP contribution is -2.35. The van der Waals surface area contributed by atoms with E-state index in [-0.39, 0.29) is 11.4 Å². The standard InChI is InChI=1S/C16H13N3O5/c20-12-5-3-10(4-6-12)18-7-1-2-11(18)8-13-15(23)19(9-14(21)22)16(24)17-13/h1-8,20H,9H2,(H,17,24)(H,21,22)/b13-8+. The van der Waals surface area contributed by atoms with Crippen molar-refractivity contribution in [3.05, 3.63) is 54.0 Å². The second kappa shape index (κ2) is 5.92. The van der Waals surface area contributed by atoms with Gasteiger partial charge in [0.05, 0.1) is 0 Å². The van der Waals surface area contributed by atoms with Gasteiger partial charge in [-0.15, -0.1) is 0 Å². The predicted molar refractivity (Wildman–Crippen MR) is 83.3 cm³/mol. The van der Waals surface area contributed by atoms with Crippen molar-refractivity contribution in [1.82, 2.24) is 14.8 Å². The molecule has 1 aromatic carbocycles. The average Bonchev–Trinajstić information content (AvgIpc) is 3.09. The molecule has 1 fully saturated rings. The first-order valence-electron chi connectivity index (χ1n) is 6.99. The van der Waals surface area contributed by atoms with E-state index in [4.69, 9.17) is 5.11 Å². The van der Waals surface area contributed by atoms with Crippen molar-refractivity contribution >= 4 is 24.0 Å². The van der Waals surface area contributed by atoms with Crippen molar-refractivity contribution in [2.45, 2.75) is 0 Å². The number of urea groups is 1. The van der Waals surface area contributed by atoms with Crippen LogP contribution >= 0.6 is 0 Å². The number of benzene rings is 1. The second-order valence-electron chi connectivity index (χ2n) is 5.09. The normalized spacial score (nSPS) is 15.8. The molecule has 1 aliphatic rings. The van der Waals surface area contributed by atoms with Crippen molar-refractivity contribution in [3.8, 4) is 11.4 Å². The van der Waals surface area contributed by atoms with Gasteiger partial charge in [-0.05, 0) is 42.5 Å². The van der Waals surface area contributed by atoms with E-state index in [1.54, 1.807) is 35.0 Å². The first kappa shape index (κ1) is 15.3. The third-order valence-corrected chi connectivity index (χ3v) is 3.46. The summed E-state index contributed by atoms with van der Waals surface area (Å²) in [5.74, 6) is -1.83. The summed E-state index contributed by atoms with van der Waals surface area (Å²) in [5, 5.41) is 20.5. The Kier molecular flexibility index (Phi) is 3.78. The Morgan fingerprint density at radius 1 is 1.17 bits per heavy atom. The van der Waals surface area contributed by atoms with Crippen LogP contribution in [0.2, 0.25) is 0 Å². The van der Waals surface area contributed by atoms with Crippen molar-refractivity contribution in [1.29, 1.82) is 0 Å². The van der Waals surface area contributed by atoms with E-state index in [0.717, 1.165) is 5.69 Å². The molecule has 1 saturated heterocycles. The van der Waals surface area contributed by atoms with Crippen LogP contribution in [0.1, 0.15) is 5.69 Å². The maximum atomic E-state index is 12.1. The Labute approximate surface area is 136 Å². The number of hydrogen-bond donors (Lipinski definition) is 3. The van der Waals surface area contributed by atoms with Crippen molar-refractivity contribution in [3.63, 3.8) is 0 Å². The zero-order valence-electron chi connectivity index (χ0n) is 12.3. The van der Waals surface area contributed by atoms with Gasteiger partial charge >= 0.3 is 12.0 Å². The maximum absolute atomic E-state index is 12.1. The fourth-order valence-electron chi connectivity index (χ4n) is 2.36. The quantitative estimate of drug-likeness (QED) is 0.576. The Hall–Kier alpha value is -3.55. The smallest absolute Gasteiger partial charge is 0.329 e. The molecule has 122 valence electrons. The summed E-state index contributed by atoms with van der Waals surface area (Å²) < 4.78 is 1.76. The molecule has 2 heterocycles. The molecule has 0 aliphatic carbocycles. The molecule has 0 unspecified atom stereocenters. The van der Waals surface area contributed by atoms with E-state index in [2.05, 4.69) is 5.32 Å². The minimum absolute atomic E-state index is 0.0000201. The number of carboxylic acid groups (broad SMARTS) is 1. The minimum atomic E-state index is -1.27. The highest BCUT2D eigenvalue weighted by Crippen LogP contribution is 2.19. The summed E-state index contributed by atoms with van der Waals surface area (Å²) in [4.78, 5) is 35.2. The van der Waals surface area contributed by atoms with Crippen molar-refractivity contribution in [2.75, 3.05) is 6.54 Å². The number of rotatable bonds is 4. The third kappa shape index (κ3) is 2.84. The molecule has 1 aromatic heterocycles. The zero-order valence-corrected chi connectivity index (χ0v) is 12.3. The maximum Gasteiger partial charge on any atom is 0.329 e. The Balaban J connectivity index is 1.92. The average molecular weight is 327 g/mol. The lowest BCUT2D eigenvalue weighted by atomic mass is 10.2. The van der Waals surface area contributed by atoms with E-state index >= 15 is 0 Å². The summed E-state index contributed by atoms with van der Waals surface area (Å²) in [6.45, 7) is -0.693. The third-order valence-electron chi connectivity index (χ3n) is 3.46. The van der Waals surface area contributed by atoms with E-state index in [1.165, 1.54) is 18.2 Å². The zero-order chi connectivity index (χ0) is 17.3. The largest absolute Gasteiger partial charge is 0.508 e. The number of nitrogens with one attached hydrogen (secondary N) is 1. The summed E-state index contributed by atoms with van der Waals surface area (Å²) in [6, 6.07) is 9.18. The summed E-state index contributed by atoms with van der Waals surface area (Å²) in [7, 11) is 0. The van der Waals surface area contributed by atoms with Crippen LogP contribution in [0.3, 0.4) is 0 Å². The molecule has 2 aromatic rings. The number of hydrogen-bond acceptors (Lipinski definition) is 4. The predicted octanol–water partition coefficient (Wildman–Crippen LogP) is 1.16. The van der Waals surface area contributed by atoms with Crippen molar-refractivity contribution in [2.24, 2.45) is 0 Å². The SMILES string of the molecule is O=C(O)CN1C(=O)N/C(=C/c2cccn2-c2ccc(O)cc2)C1=O. The number of nitrogens with zero attached hydrogens (tertiary/aromatic N) is 2. The van der Waals surface area contributed by atoms with Crippen LogP contribution in [0.5, 0.6) is 5.75 Å². The number of phenolic OH excluding ortho intramolecular Hbond substituents is 1. The van der Waals surface area contributed by atoms with Gasteiger partial charge in [-0.2, -0.15) is 0 Å². The van der Waals surface area contributed by atoms with Gasteiger partial charge in [0.2, 0.25) is 0 Å².